The Kier molecular flexibility index (Phi) is 5.45. The molecule has 1 N–H and O–H groups in total. The van der Waals surface area contributed by atoms with Crippen LogP contribution < -0.4 is 10.9 Å². The number of rotatable bonds is 5. The zero-order valence-corrected chi connectivity index (χ0v) is 14.7. The Morgan fingerprint density at radius 2 is 2.08 bits per heavy atom. The molecule has 1 aromatic carbocycles. The maximum atomic E-state index is 12.6. The van der Waals surface area contributed by atoms with E-state index in [-0.39, 0.29) is 5.56 Å². The van der Waals surface area contributed by atoms with Crippen molar-refractivity contribution in [2.45, 2.75) is 43.1 Å². The van der Waals surface area contributed by atoms with Crippen molar-refractivity contribution in [1.82, 2.24) is 9.55 Å². The fraction of sp³-hybridized carbons (Fsp3) is 0.444. The lowest BCUT2D eigenvalue weighted by molar-refractivity contribution is 0.504. The van der Waals surface area contributed by atoms with E-state index in [9.17, 15) is 9.00 Å². The fourth-order valence-corrected chi connectivity index (χ4v) is 4.67. The number of nitrogens with zero attached hydrogens (tertiary/aromatic N) is 2. The molecule has 5 nitrogen and oxygen atoms in total. The molecule has 6 heteroatoms. The highest BCUT2D eigenvalue weighted by atomic mass is 32.2. The van der Waals surface area contributed by atoms with Crippen LogP contribution in [-0.4, -0.2) is 19.0 Å². The van der Waals surface area contributed by atoms with Gasteiger partial charge in [0.15, 0.2) is 5.82 Å². The zero-order chi connectivity index (χ0) is 16.9. The van der Waals surface area contributed by atoms with Crippen molar-refractivity contribution in [2.24, 2.45) is 7.05 Å². The molecule has 1 aliphatic rings. The van der Waals surface area contributed by atoms with E-state index in [0.717, 1.165) is 24.1 Å². The first-order chi connectivity index (χ1) is 11.6. The van der Waals surface area contributed by atoms with Gasteiger partial charge in [-0.3, -0.25) is 9.00 Å². The number of benzene rings is 1. The second-order valence-electron chi connectivity index (χ2n) is 6.30. The van der Waals surface area contributed by atoms with Gasteiger partial charge < -0.3 is 9.88 Å². The van der Waals surface area contributed by atoms with Crippen LogP contribution in [0.15, 0.2) is 41.5 Å². The van der Waals surface area contributed by atoms with Crippen molar-refractivity contribution in [3.05, 3.63) is 52.6 Å². The summed E-state index contributed by atoms with van der Waals surface area (Å²) in [6.45, 7) is 0. The number of anilines is 2. The predicted octanol–water partition coefficient (Wildman–Crippen LogP) is 3.11. The molecular weight excluding hydrogens is 322 g/mol. The number of hydrogen-bond acceptors (Lipinski definition) is 4. The molecule has 1 heterocycles. The molecule has 1 aromatic heterocycles. The van der Waals surface area contributed by atoms with Gasteiger partial charge in [-0.25, -0.2) is 4.98 Å². The summed E-state index contributed by atoms with van der Waals surface area (Å²) in [7, 11) is 0.864. The molecule has 0 spiro atoms. The maximum Gasteiger partial charge on any atom is 0.293 e. The maximum absolute atomic E-state index is 12.6. The van der Waals surface area contributed by atoms with Gasteiger partial charge >= 0.3 is 0 Å². The van der Waals surface area contributed by atoms with Crippen LogP contribution in [0.5, 0.6) is 0 Å². The van der Waals surface area contributed by atoms with E-state index in [4.69, 9.17) is 0 Å². The van der Waals surface area contributed by atoms with Crippen molar-refractivity contribution >= 4 is 22.3 Å². The zero-order valence-electron chi connectivity index (χ0n) is 13.9. The van der Waals surface area contributed by atoms with Gasteiger partial charge in [0.1, 0.15) is 0 Å². The van der Waals surface area contributed by atoms with E-state index >= 15 is 0 Å². The van der Waals surface area contributed by atoms with Crippen LogP contribution in [0.2, 0.25) is 0 Å². The number of nitrogens with one attached hydrogen (secondary N) is 1. The Morgan fingerprint density at radius 3 is 2.88 bits per heavy atom. The molecule has 3 rings (SSSR count). The quantitative estimate of drug-likeness (QED) is 0.904. The largest absolute Gasteiger partial charge is 0.336 e. The second kappa shape index (κ2) is 7.75. The summed E-state index contributed by atoms with van der Waals surface area (Å²) < 4.78 is 14.0. The third-order valence-electron chi connectivity index (χ3n) is 4.44. The van der Waals surface area contributed by atoms with Crippen molar-refractivity contribution in [3.8, 4) is 0 Å². The highest BCUT2D eigenvalue weighted by Crippen LogP contribution is 2.24. The molecule has 128 valence electrons. The topological polar surface area (TPSA) is 64.0 Å². The molecule has 1 atom stereocenters. The van der Waals surface area contributed by atoms with E-state index < -0.39 is 10.8 Å². The Bertz CT molecular complexity index is 782. The molecule has 0 unspecified atom stereocenters. The smallest absolute Gasteiger partial charge is 0.293 e. The monoisotopic (exact) mass is 345 g/mol. The Balaban J connectivity index is 1.71. The third kappa shape index (κ3) is 4.12. The van der Waals surface area contributed by atoms with Crippen LogP contribution >= 0.6 is 0 Å². The van der Waals surface area contributed by atoms with E-state index in [1.165, 1.54) is 23.8 Å². The summed E-state index contributed by atoms with van der Waals surface area (Å²) in [6, 6.07) is 7.75. The first-order valence-corrected chi connectivity index (χ1v) is 9.76. The summed E-state index contributed by atoms with van der Waals surface area (Å²) in [5.74, 6) is 0.867. The molecule has 24 heavy (non-hydrogen) atoms. The van der Waals surface area contributed by atoms with Crippen molar-refractivity contribution in [2.75, 3.05) is 5.32 Å². The minimum absolute atomic E-state index is 0.173. The molecule has 0 saturated heterocycles. The van der Waals surface area contributed by atoms with Crippen LogP contribution in [-0.2, 0) is 23.6 Å². The van der Waals surface area contributed by atoms with Crippen LogP contribution in [0, 0.1) is 0 Å². The first-order valence-electron chi connectivity index (χ1n) is 8.38. The standard InChI is InChI=1S/C18H23N3O2S/c1-21-11-10-19-17(18(21)22)20-15-7-5-6-14(12-15)13-24(23)16-8-3-2-4-9-16/h5-7,10-12,16H,2-4,8-9,13H2,1H3,(H,19,20)/t24-/m0/s1. The molecule has 1 saturated carbocycles. The van der Waals surface area contributed by atoms with Crippen LogP contribution in [0.1, 0.15) is 37.7 Å². The molecule has 0 aliphatic heterocycles. The van der Waals surface area contributed by atoms with Gasteiger partial charge in [-0.05, 0) is 30.5 Å². The Hall–Kier alpha value is -1.95. The van der Waals surface area contributed by atoms with Gasteiger partial charge in [0.05, 0.1) is 0 Å². The summed E-state index contributed by atoms with van der Waals surface area (Å²) in [5.41, 5.74) is 1.65. The van der Waals surface area contributed by atoms with Crippen molar-refractivity contribution in [1.29, 1.82) is 0 Å². The van der Waals surface area contributed by atoms with E-state index in [2.05, 4.69) is 10.3 Å². The number of hydrogen-bond donors (Lipinski definition) is 1. The van der Waals surface area contributed by atoms with E-state index in [1.54, 1.807) is 19.4 Å². The van der Waals surface area contributed by atoms with Gasteiger partial charge in [-0.2, -0.15) is 0 Å². The number of aryl methyl sites for hydroxylation is 1. The predicted molar refractivity (Wildman–Crippen MR) is 97.9 cm³/mol. The SMILES string of the molecule is Cn1ccnc(Nc2cccc(C[S@](=O)C3CCCCC3)c2)c1=O. The van der Waals surface area contributed by atoms with E-state index in [0.29, 0.717) is 16.8 Å². The molecule has 2 aromatic rings. The Labute approximate surface area is 144 Å². The highest BCUT2D eigenvalue weighted by Gasteiger charge is 2.19. The van der Waals surface area contributed by atoms with Gasteiger partial charge in [-0.1, -0.05) is 31.4 Å². The minimum Gasteiger partial charge on any atom is -0.336 e. The molecular formula is C18H23N3O2S. The molecule has 0 bridgehead atoms. The molecule has 0 amide bonds. The summed E-state index contributed by atoms with van der Waals surface area (Å²) in [4.78, 5) is 16.1. The van der Waals surface area contributed by atoms with Crippen molar-refractivity contribution < 1.29 is 4.21 Å². The van der Waals surface area contributed by atoms with Crippen LogP contribution in [0.3, 0.4) is 0 Å². The molecule has 1 aliphatic carbocycles. The van der Waals surface area contributed by atoms with Gasteiger partial charge in [-0.15, -0.1) is 0 Å². The van der Waals surface area contributed by atoms with Gasteiger partial charge in [0, 0.05) is 46.9 Å². The first kappa shape index (κ1) is 16.9. The number of aromatic nitrogens is 2. The minimum atomic E-state index is -0.829. The lowest BCUT2D eigenvalue weighted by Gasteiger charge is -2.21. The molecule has 0 radical (unpaired) electrons. The lowest BCUT2D eigenvalue weighted by Crippen LogP contribution is -2.20. The van der Waals surface area contributed by atoms with Crippen molar-refractivity contribution in [3.63, 3.8) is 0 Å². The second-order valence-corrected chi connectivity index (χ2v) is 8.02. The normalized spacial score (nSPS) is 16.7. The van der Waals surface area contributed by atoms with Crippen LogP contribution in [0.4, 0.5) is 11.5 Å². The highest BCUT2D eigenvalue weighted by molar-refractivity contribution is 7.84. The van der Waals surface area contributed by atoms with Gasteiger partial charge in [0.25, 0.3) is 5.56 Å². The fourth-order valence-electron chi connectivity index (χ4n) is 3.07. The summed E-state index contributed by atoms with van der Waals surface area (Å²) in [6.07, 6.45) is 9.03. The lowest BCUT2D eigenvalue weighted by atomic mass is 10.0. The summed E-state index contributed by atoms with van der Waals surface area (Å²) in [5, 5.41) is 3.39. The average molecular weight is 345 g/mol. The Morgan fingerprint density at radius 1 is 1.29 bits per heavy atom. The van der Waals surface area contributed by atoms with Gasteiger partial charge in [0.2, 0.25) is 0 Å². The average Bonchev–Trinajstić information content (AvgIpc) is 2.60. The molecule has 1 fully saturated rings. The summed E-state index contributed by atoms with van der Waals surface area (Å²) >= 11 is 0. The van der Waals surface area contributed by atoms with E-state index in [1.807, 2.05) is 24.3 Å². The van der Waals surface area contributed by atoms with Crippen LogP contribution in [0.25, 0.3) is 0 Å². The third-order valence-corrected chi connectivity index (χ3v) is 6.27.